The van der Waals surface area contributed by atoms with Crippen molar-refractivity contribution in [3.8, 4) is 0 Å². The number of hydrogen-bond donors (Lipinski definition) is 2. The van der Waals surface area contributed by atoms with Crippen molar-refractivity contribution >= 4 is 26.0 Å². The number of nitrogens with one attached hydrogen (secondary N) is 1. The van der Waals surface area contributed by atoms with Crippen LogP contribution in [0.15, 0.2) is 27.6 Å². The highest BCUT2D eigenvalue weighted by molar-refractivity contribution is 9.10. The number of aliphatic hydroxyl groups is 1. The molecule has 0 heterocycles. The standard InChI is InChI=1S/C14H20BrNO3S/c1-10-5-6-13(15)7-14(10)20(18,19)16-8-11-3-2-4-12(11)9-17/h5-7,11-12,16-17H,2-4,8-9H2,1H3. The summed E-state index contributed by atoms with van der Waals surface area (Å²) in [5.74, 6) is 0.462. The summed E-state index contributed by atoms with van der Waals surface area (Å²) < 4.78 is 28.2. The maximum absolute atomic E-state index is 12.4. The molecule has 0 aromatic heterocycles. The molecule has 4 nitrogen and oxygen atoms in total. The monoisotopic (exact) mass is 361 g/mol. The Labute approximate surface area is 128 Å². The van der Waals surface area contributed by atoms with Crippen molar-refractivity contribution < 1.29 is 13.5 Å². The molecule has 0 radical (unpaired) electrons. The molecule has 1 saturated carbocycles. The Morgan fingerprint density at radius 2 is 2.05 bits per heavy atom. The van der Waals surface area contributed by atoms with Crippen LogP contribution >= 0.6 is 15.9 Å². The van der Waals surface area contributed by atoms with Gasteiger partial charge >= 0.3 is 0 Å². The molecule has 0 amide bonds. The van der Waals surface area contributed by atoms with Crippen LogP contribution in [0.1, 0.15) is 24.8 Å². The third-order valence-corrected chi connectivity index (χ3v) is 6.09. The minimum absolute atomic E-state index is 0.141. The highest BCUT2D eigenvalue weighted by atomic mass is 79.9. The molecular weight excluding hydrogens is 342 g/mol. The first kappa shape index (κ1) is 15.9. The summed E-state index contributed by atoms with van der Waals surface area (Å²) in [6, 6.07) is 5.23. The van der Waals surface area contributed by atoms with Gasteiger partial charge in [0.25, 0.3) is 0 Å². The van der Waals surface area contributed by atoms with E-state index in [0.717, 1.165) is 29.3 Å². The van der Waals surface area contributed by atoms with Gasteiger partial charge in [-0.05, 0) is 49.3 Å². The van der Waals surface area contributed by atoms with Gasteiger partial charge in [-0.1, -0.05) is 28.4 Å². The van der Waals surface area contributed by atoms with E-state index < -0.39 is 10.0 Å². The zero-order valence-corrected chi connectivity index (χ0v) is 13.9. The van der Waals surface area contributed by atoms with E-state index in [-0.39, 0.29) is 18.4 Å². The maximum atomic E-state index is 12.4. The van der Waals surface area contributed by atoms with Gasteiger partial charge in [0.05, 0.1) is 4.90 Å². The molecule has 1 aromatic rings. The van der Waals surface area contributed by atoms with Gasteiger partial charge in [0, 0.05) is 17.6 Å². The fraction of sp³-hybridized carbons (Fsp3) is 0.571. The lowest BCUT2D eigenvalue weighted by Crippen LogP contribution is -2.32. The van der Waals surface area contributed by atoms with Crippen molar-refractivity contribution in [3.05, 3.63) is 28.2 Å². The summed E-state index contributed by atoms with van der Waals surface area (Å²) in [7, 11) is -3.49. The first-order chi connectivity index (χ1) is 9.44. The minimum Gasteiger partial charge on any atom is -0.396 e. The molecule has 1 aliphatic rings. The van der Waals surface area contributed by atoms with E-state index in [0.29, 0.717) is 11.4 Å². The average Bonchev–Trinajstić information content (AvgIpc) is 2.86. The van der Waals surface area contributed by atoms with E-state index in [1.165, 1.54) is 0 Å². The molecule has 0 saturated heterocycles. The van der Waals surface area contributed by atoms with Gasteiger partial charge in [-0.15, -0.1) is 0 Å². The molecule has 0 aliphatic heterocycles. The Bertz CT molecular complexity index is 574. The highest BCUT2D eigenvalue weighted by Crippen LogP contribution is 2.31. The average molecular weight is 362 g/mol. The topological polar surface area (TPSA) is 66.4 Å². The number of aryl methyl sites for hydroxylation is 1. The number of halogens is 1. The van der Waals surface area contributed by atoms with E-state index in [2.05, 4.69) is 20.7 Å². The predicted molar refractivity (Wildman–Crippen MR) is 82.0 cm³/mol. The van der Waals surface area contributed by atoms with Gasteiger partial charge in [-0.2, -0.15) is 0 Å². The minimum atomic E-state index is -3.49. The Balaban J connectivity index is 2.09. The molecule has 2 rings (SSSR count). The van der Waals surface area contributed by atoms with E-state index in [1.54, 1.807) is 19.1 Å². The van der Waals surface area contributed by atoms with E-state index in [9.17, 15) is 13.5 Å². The second-order valence-electron chi connectivity index (χ2n) is 5.40. The van der Waals surface area contributed by atoms with Crippen molar-refractivity contribution in [1.29, 1.82) is 0 Å². The van der Waals surface area contributed by atoms with Crippen LogP contribution in [0.4, 0.5) is 0 Å². The largest absolute Gasteiger partial charge is 0.396 e. The lowest BCUT2D eigenvalue weighted by Gasteiger charge is -2.18. The third kappa shape index (κ3) is 3.61. The predicted octanol–water partition coefficient (Wildman–Crippen LogP) is 2.44. The fourth-order valence-corrected chi connectivity index (χ4v) is 4.66. The molecule has 1 aliphatic carbocycles. The van der Waals surface area contributed by atoms with Crippen molar-refractivity contribution in [2.45, 2.75) is 31.1 Å². The van der Waals surface area contributed by atoms with Crippen LogP contribution in [-0.2, 0) is 10.0 Å². The van der Waals surface area contributed by atoms with E-state index in [4.69, 9.17) is 0 Å². The summed E-state index contributed by atoms with van der Waals surface area (Å²) >= 11 is 3.30. The summed E-state index contributed by atoms with van der Waals surface area (Å²) in [5.41, 5.74) is 0.728. The summed E-state index contributed by atoms with van der Waals surface area (Å²) in [5, 5.41) is 9.28. The van der Waals surface area contributed by atoms with Crippen LogP contribution in [-0.4, -0.2) is 26.7 Å². The lowest BCUT2D eigenvalue weighted by atomic mass is 9.97. The lowest BCUT2D eigenvalue weighted by molar-refractivity contribution is 0.195. The second-order valence-corrected chi connectivity index (χ2v) is 8.05. The number of sulfonamides is 1. The SMILES string of the molecule is Cc1ccc(Br)cc1S(=O)(=O)NCC1CCCC1CO. The Hall–Kier alpha value is -0.430. The van der Waals surface area contributed by atoms with Crippen LogP contribution in [0.25, 0.3) is 0 Å². The normalized spacial score (nSPS) is 23.1. The molecule has 6 heteroatoms. The van der Waals surface area contributed by atoms with Gasteiger partial charge in [-0.25, -0.2) is 13.1 Å². The zero-order valence-electron chi connectivity index (χ0n) is 11.5. The van der Waals surface area contributed by atoms with Gasteiger partial charge in [-0.3, -0.25) is 0 Å². The van der Waals surface area contributed by atoms with Crippen molar-refractivity contribution in [2.75, 3.05) is 13.2 Å². The molecule has 1 aromatic carbocycles. The van der Waals surface area contributed by atoms with Crippen LogP contribution in [0.2, 0.25) is 0 Å². The molecule has 0 bridgehead atoms. The Morgan fingerprint density at radius 1 is 1.35 bits per heavy atom. The number of rotatable bonds is 5. The quantitative estimate of drug-likeness (QED) is 0.846. The van der Waals surface area contributed by atoms with Crippen LogP contribution < -0.4 is 4.72 Å². The van der Waals surface area contributed by atoms with Crippen LogP contribution in [0.3, 0.4) is 0 Å². The molecule has 2 N–H and O–H groups in total. The first-order valence-corrected chi connectivity index (χ1v) is 9.08. The van der Waals surface area contributed by atoms with Crippen LogP contribution in [0, 0.1) is 18.8 Å². The summed E-state index contributed by atoms with van der Waals surface area (Å²) in [6.45, 7) is 2.33. The van der Waals surface area contributed by atoms with Crippen LogP contribution in [0.5, 0.6) is 0 Å². The Kier molecular flexibility index (Phi) is 5.23. The highest BCUT2D eigenvalue weighted by Gasteiger charge is 2.28. The molecule has 112 valence electrons. The summed E-state index contributed by atoms with van der Waals surface area (Å²) in [4.78, 5) is 0.311. The molecular formula is C14H20BrNO3S. The van der Waals surface area contributed by atoms with Crippen molar-refractivity contribution in [2.24, 2.45) is 11.8 Å². The summed E-state index contributed by atoms with van der Waals surface area (Å²) in [6.07, 6.45) is 3.03. The van der Waals surface area contributed by atoms with E-state index >= 15 is 0 Å². The van der Waals surface area contributed by atoms with Gasteiger partial charge in [0.15, 0.2) is 0 Å². The fourth-order valence-electron chi connectivity index (χ4n) is 2.78. The second kappa shape index (κ2) is 6.56. The number of aliphatic hydroxyl groups excluding tert-OH is 1. The maximum Gasteiger partial charge on any atom is 0.240 e. The van der Waals surface area contributed by atoms with Gasteiger partial charge in [0.2, 0.25) is 10.0 Å². The zero-order chi connectivity index (χ0) is 14.8. The van der Waals surface area contributed by atoms with Gasteiger partial charge in [0.1, 0.15) is 0 Å². The van der Waals surface area contributed by atoms with Crippen molar-refractivity contribution in [3.63, 3.8) is 0 Å². The van der Waals surface area contributed by atoms with Gasteiger partial charge < -0.3 is 5.11 Å². The smallest absolute Gasteiger partial charge is 0.240 e. The molecule has 20 heavy (non-hydrogen) atoms. The first-order valence-electron chi connectivity index (χ1n) is 6.80. The molecule has 2 unspecified atom stereocenters. The van der Waals surface area contributed by atoms with E-state index in [1.807, 2.05) is 6.07 Å². The third-order valence-electron chi connectivity index (χ3n) is 4.03. The molecule has 2 atom stereocenters. The van der Waals surface area contributed by atoms with Crippen molar-refractivity contribution in [1.82, 2.24) is 4.72 Å². The molecule has 1 fully saturated rings. The number of hydrogen-bond acceptors (Lipinski definition) is 3. The molecule has 0 spiro atoms. The Morgan fingerprint density at radius 3 is 2.75 bits per heavy atom. The number of benzene rings is 1.